The average Bonchev–Trinajstić information content (AvgIpc) is 2.62. The summed E-state index contributed by atoms with van der Waals surface area (Å²) >= 11 is 6.08. The Bertz CT molecular complexity index is 807. The van der Waals surface area contributed by atoms with Crippen LogP contribution in [-0.4, -0.2) is 35.3 Å². The highest BCUT2D eigenvalue weighted by Crippen LogP contribution is 2.35. The molecule has 1 heterocycles. The van der Waals surface area contributed by atoms with Gasteiger partial charge in [0.2, 0.25) is 0 Å². The standard InChI is InChI=1S/C17H18ClN5O3/c1-3-25-10-11(2)26-15-5-4-12(18)6-14(15)23(17(20)24)16-9-21-13(7-19)8-22-16/h4-6,8-9,11H,3,10H2,1-2H3,(H2,20,24). The smallest absolute Gasteiger partial charge is 0.325 e. The fourth-order valence-corrected chi connectivity index (χ4v) is 2.32. The van der Waals surface area contributed by atoms with Crippen molar-refractivity contribution in [1.82, 2.24) is 9.97 Å². The molecule has 0 aliphatic carbocycles. The molecule has 2 amide bonds. The third-order valence-corrected chi connectivity index (χ3v) is 3.48. The Hall–Kier alpha value is -2.89. The van der Waals surface area contributed by atoms with Crippen LogP contribution in [0.4, 0.5) is 16.3 Å². The van der Waals surface area contributed by atoms with E-state index in [1.165, 1.54) is 18.5 Å². The van der Waals surface area contributed by atoms with Crippen LogP contribution in [0, 0.1) is 11.3 Å². The molecular formula is C17H18ClN5O3. The maximum absolute atomic E-state index is 12.1. The number of carbonyl (C=O) groups is 1. The Morgan fingerprint density at radius 3 is 2.77 bits per heavy atom. The van der Waals surface area contributed by atoms with Crippen LogP contribution < -0.4 is 15.4 Å². The highest BCUT2D eigenvalue weighted by Gasteiger charge is 2.22. The van der Waals surface area contributed by atoms with Crippen LogP contribution in [0.2, 0.25) is 5.02 Å². The zero-order chi connectivity index (χ0) is 19.1. The first-order valence-electron chi connectivity index (χ1n) is 7.82. The number of carbonyl (C=O) groups excluding carboxylic acids is 1. The van der Waals surface area contributed by atoms with Gasteiger partial charge in [0, 0.05) is 11.6 Å². The monoisotopic (exact) mass is 375 g/mol. The second-order valence-electron chi connectivity index (χ2n) is 5.25. The molecule has 1 unspecified atom stereocenters. The predicted octanol–water partition coefficient (Wildman–Crippen LogP) is 3.02. The van der Waals surface area contributed by atoms with E-state index in [1.807, 2.05) is 19.9 Å². The van der Waals surface area contributed by atoms with Gasteiger partial charge in [-0.15, -0.1) is 0 Å². The lowest BCUT2D eigenvalue weighted by molar-refractivity contribution is 0.0660. The van der Waals surface area contributed by atoms with Gasteiger partial charge >= 0.3 is 6.03 Å². The van der Waals surface area contributed by atoms with Crippen molar-refractivity contribution in [2.75, 3.05) is 18.1 Å². The van der Waals surface area contributed by atoms with Gasteiger partial charge in [-0.3, -0.25) is 0 Å². The molecule has 2 N–H and O–H groups in total. The largest absolute Gasteiger partial charge is 0.486 e. The Morgan fingerprint density at radius 1 is 1.42 bits per heavy atom. The second-order valence-corrected chi connectivity index (χ2v) is 5.68. The fraction of sp³-hybridized carbons (Fsp3) is 0.294. The summed E-state index contributed by atoms with van der Waals surface area (Å²) in [5.41, 5.74) is 5.96. The van der Waals surface area contributed by atoms with E-state index in [1.54, 1.807) is 12.1 Å². The molecule has 1 aromatic heterocycles. The lowest BCUT2D eigenvalue weighted by Gasteiger charge is -2.24. The van der Waals surface area contributed by atoms with Crippen molar-refractivity contribution >= 4 is 29.1 Å². The summed E-state index contributed by atoms with van der Waals surface area (Å²) in [6.45, 7) is 4.67. The number of amides is 2. The average molecular weight is 376 g/mol. The highest BCUT2D eigenvalue weighted by atomic mass is 35.5. The first-order valence-corrected chi connectivity index (χ1v) is 8.19. The van der Waals surface area contributed by atoms with Crippen molar-refractivity contribution in [2.45, 2.75) is 20.0 Å². The summed E-state index contributed by atoms with van der Waals surface area (Å²) in [6, 6.07) is 5.87. The molecule has 2 rings (SSSR count). The Balaban J connectivity index is 2.42. The number of benzene rings is 1. The number of urea groups is 1. The molecule has 0 spiro atoms. The van der Waals surface area contributed by atoms with Gasteiger partial charge in [-0.25, -0.2) is 19.7 Å². The molecule has 26 heavy (non-hydrogen) atoms. The van der Waals surface area contributed by atoms with Gasteiger partial charge in [0.05, 0.1) is 24.7 Å². The SMILES string of the molecule is CCOCC(C)Oc1ccc(Cl)cc1N(C(N)=O)c1cnc(C#N)cn1. The molecule has 0 aliphatic rings. The van der Waals surface area contributed by atoms with Crippen LogP contribution in [-0.2, 0) is 4.74 Å². The summed E-state index contributed by atoms with van der Waals surface area (Å²) in [5.74, 6) is 0.521. The maximum atomic E-state index is 12.1. The number of nitrogens with two attached hydrogens (primary N) is 1. The van der Waals surface area contributed by atoms with Gasteiger partial charge < -0.3 is 15.2 Å². The van der Waals surface area contributed by atoms with Crippen molar-refractivity contribution in [3.05, 3.63) is 41.3 Å². The Morgan fingerprint density at radius 2 is 2.19 bits per heavy atom. The summed E-state index contributed by atoms with van der Waals surface area (Å²) in [7, 11) is 0. The minimum absolute atomic E-state index is 0.117. The number of primary amides is 1. The third kappa shape index (κ3) is 4.81. The van der Waals surface area contributed by atoms with E-state index in [9.17, 15) is 4.79 Å². The molecule has 136 valence electrons. The van der Waals surface area contributed by atoms with E-state index >= 15 is 0 Å². The number of anilines is 2. The van der Waals surface area contributed by atoms with E-state index in [2.05, 4.69) is 9.97 Å². The zero-order valence-electron chi connectivity index (χ0n) is 14.3. The van der Waals surface area contributed by atoms with Crippen molar-refractivity contribution in [3.63, 3.8) is 0 Å². The van der Waals surface area contributed by atoms with Gasteiger partial charge in [-0.2, -0.15) is 5.26 Å². The van der Waals surface area contributed by atoms with Crippen LogP contribution in [0.15, 0.2) is 30.6 Å². The van der Waals surface area contributed by atoms with E-state index < -0.39 is 6.03 Å². The molecule has 0 fully saturated rings. The van der Waals surface area contributed by atoms with Crippen molar-refractivity contribution in [3.8, 4) is 11.8 Å². The van der Waals surface area contributed by atoms with Crippen LogP contribution in [0.5, 0.6) is 5.75 Å². The summed E-state index contributed by atoms with van der Waals surface area (Å²) in [6.07, 6.45) is 2.25. The number of halogens is 1. The minimum Gasteiger partial charge on any atom is -0.486 e. The van der Waals surface area contributed by atoms with Crippen LogP contribution in [0.3, 0.4) is 0 Å². The van der Waals surface area contributed by atoms with E-state index in [0.29, 0.717) is 29.7 Å². The number of rotatable bonds is 7. The van der Waals surface area contributed by atoms with Crippen molar-refractivity contribution in [2.24, 2.45) is 5.73 Å². The number of aromatic nitrogens is 2. The molecule has 8 nitrogen and oxygen atoms in total. The lowest BCUT2D eigenvalue weighted by Crippen LogP contribution is -2.33. The summed E-state index contributed by atoms with van der Waals surface area (Å²) < 4.78 is 11.2. The lowest BCUT2D eigenvalue weighted by atomic mass is 10.2. The fourth-order valence-electron chi connectivity index (χ4n) is 2.15. The molecule has 1 aromatic carbocycles. The van der Waals surface area contributed by atoms with E-state index in [4.69, 9.17) is 32.1 Å². The minimum atomic E-state index is -0.798. The topological polar surface area (TPSA) is 114 Å². The number of nitriles is 1. The third-order valence-electron chi connectivity index (χ3n) is 3.25. The molecule has 0 bridgehead atoms. The molecule has 2 aromatic rings. The predicted molar refractivity (Wildman–Crippen MR) is 96.5 cm³/mol. The van der Waals surface area contributed by atoms with E-state index in [-0.39, 0.29) is 17.6 Å². The number of nitrogens with zero attached hydrogens (tertiary/aromatic N) is 4. The summed E-state index contributed by atoms with van der Waals surface area (Å²) in [5, 5.41) is 9.22. The molecular weight excluding hydrogens is 358 g/mol. The molecule has 0 radical (unpaired) electrons. The van der Waals surface area contributed by atoms with Crippen molar-refractivity contribution in [1.29, 1.82) is 5.26 Å². The number of hydrogen-bond acceptors (Lipinski definition) is 6. The molecule has 9 heteroatoms. The van der Waals surface area contributed by atoms with Crippen molar-refractivity contribution < 1.29 is 14.3 Å². The van der Waals surface area contributed by atoms with Gasteiger partial charge in [0.15, 0.2) is 11.5 Å². The van der Waals surface area contributed by atoms with Gasteiger partial charge in [0.1, 0.15) is 17.9 Å². The van der Waals surface area contributed by atoms with Crippen LogP contribution >= 0.6 is 11.6 Å². The van der Waals surface area contributed by atoms with Gasteiger partial charge in [-0.1, -0.05) is 11.6 Å². The first kappa shape index (κ1) is 19.4. The normalized spacial score (nSPS) is 11.5. The quantitative estimate of drug-likeness (QED) is 0.795. The summed E-state index contributed by atoms with van der Waals surface area (Å²) in [4.78, 5) is 21.2. The first-order chi connectivity index (χ1) is 12.5. The maximum Gasteiger partial charge on any atom is 0.325 e. The van der Waals surface area contributed by atoms with Gasteiger partial charge in [-0.05, 0) is 32.0 Å². The zero-order valence-corrected chi connectivity index (χ0v) is 15.1. The van der Waals surface area contributed by atoms with E-state index in [0.717, 1.165) is 4.90 Å². The molecule has 0 aliphatic heterocycles. The van der Waals surface area contributed by atoms with Crippen LogP contribution in [0.25, 0.3) is 0 Å². The number of hydrogen-bond donors (Lipinski definition) is 1. The number of ether oxygens (including phenoxy) is 2. The highest BCUT2D eigenvalue weighted by molar-refractivity contribution is 6.31. The molecule has 0 saturated heterocycles. The molecule has 1 atom stereocenters. The Labute approximate surface area is 156 Å². The second kappa shape index (κ2) is 8.99. The molecule has 0 saturated carbocycles. The Kier molecular flexibility index (Phi) is 6.72. The van der Waals surface area contributed by atoms with Crippen LogP contribution in [0.1, 0.15) is 19.5 Å². The van der Waals surface area contributed by atoms with Gasteiger partial charge in [0.25, 0.3) is 0 Å².